The van der Waals surface area contributed by atoms with Gasteiger partial charge in [0.05, 0.1) is 13.0 Å². The van der Waals surface area contributed by atoms with Gasteiger partial charge in [0.15, 0.2) is 0 Å². The molecule has 1 unspecified atom stereocenters. The first-order valence-electron chi connectivity index (χ1n) is 4.15. The van der Waals surface area contributed by atoms with E-state index in [1.807, 2.05) is 0 Å². The van der Waals surface area contributed by atoms with Crippen LogP contribution in [0.1, 0.15) is 17.9 Å². The second-order valence-electron chi connectivity index (χ2n) is 3.29. The highest BCUT2D eigenvalue weighted by Gasteiger charge is 2.57. The topological polar surface area (TPSA) is 9.23 Å². The van der Waals surface area contributed by atoms with Crippen molar-refractivity contribution in [1.29, 1.82) is 0 Å². The number of benzene rings is 1. The summed E-state index contributed by atoms with van der Waals surface area (Å²) < 4.78 is 30.3. The van der Waals surface area contributed by atoms with Crippen LogP contribution in [0, 0.1) is 0 Å². The van der Waals surface area contributed by atoms with Crippen LogP contribution >= 0.6 is 0 Å². The molecule has 1 saturated carbocycles. The van der Waals surface area contributed by atoms with E-state index in [4.69, 9.17) is 4.74 Å². The van der Waals surface area contributed by atoms with Crippen LogP contribution < -0.4 is 4.74 Å². The molecule has 1 aliphatic rings. The molecule has 0 heterocycles. The van der Waals surface area contributed by atoms with Gasteiger partial charge in [-0.15, -0.1) is 0 Å². The molecule has 0 radical (unpaired) electrons. The van der Waals surface area contributed by atoms with Gasteiger partial charge >= 0.3 is 0 Å². The van der Waals surface area contributed by atoms with E-state index in [1.54, 1.807) is 24.3 Å². The van der Waals surface area contributed by atoms with Gasteiger partial charge in [-0.25, -0.2) is 8.78 Å². The Bertz CT molecular complexity index is 322. The molecule has 0 spiro atoms. The molecule has 1 aromatic rings. The lowest BCUT2D eigenvalue weighted by Gasteiger charge is -2.02. The molecule has 1 aromatic carbocycles. The number of rotatable bonds is 2. The largest absolute Gasteiger partial charge is 0.497 e. The van der Waals surface area contributed by atoms with Crippen molar-refractivity contribution in [1.82, 2.24) is 0 Å². The predicted molar refractivity (Wildman–Crippen MR) is 45.3 cm³/mol. The predicted octanol–water partition coefficient (Wildman–Crippen LogP) is 2.82. The van der Waals surface area contributed by atoms with E-state index in [1.165, 1.54) is 7.11 Å². The van der Waals surface area contributed by atoms with Crippen molar-refractivity contribution in [2.75, 3.05) is 7.11 Å². The zero-order valence-electron chi connectivity index (χ0n) is 7.26. The Hall–Kier alpha value is -1.12. The van der Waals surface area contributed by atoms with Crippen molar-refractivity contribution in [2.45, 2.75) is 18.3 Å². The van der Waals surface area contributed by atoms with Gasteiger partial charge in [0.25, 0.3) is 5.92 Å². The van der Waals surface area contributed by atoms with Crippen molar-refractivity contribution in [3.63, 3.8) is 0 Å². The summed E-state index contributed by atoms with van der Waals surface area (Å²) in [6.07, 6.45) is -0.0276. The monoisotopic (exact) mass is 184 g/mol. The molecule has 2 rings (SSSR count). The Balaban J connectivity index is 2.23. The second-order valence-corrected chi connectivity index (χ2v) is 3.29. The van der Waals surface area contributed by atoms with E-state index in [0.29, 0.717) is 11.3 Å². The molecular formula is C10H10F2O. The number of hydrogen-bond donors (Lipinski definition) is 0. The molecule has 13 heavy (non-hydrogen) atoms. The summed E-state index contributed by atoms with van der Waals surface area (Å²) >= 11 is 0. The SMILES string of the molecule is COc1cccc(C2CC2(F)F)c1. The molecule has 70 valence electrons. The van der Waals surface area contributed by atoms with Gasteiger partial charge in [-0.1, -0.05) is 12.1 Å². The van der Waals surface area contributed by atoms with Crippen LogP contribution in [0.3, 0.4) is 0 Å². The van der Waals surface area contributed by atoms with Gasteiger partial charge in [0.1, 0.15) is 5.75 Å². The lowest BCUT2D eigenvalue weighted by molar-refractivity contribution is 0.112. The minimum absolute atomic E-state index is 0.0276. The number of methoxy groups -OCH3 is 1. The molecule has 0 N–H and O–H groups in total. The highest BCUT2D eigenvalue weighted by atomic mass is 19.3. The Morgan fingerprint density at radius 2 is 2.15 bits per heavy atom. The summed E-state index contributed by atoms with van der Waals surface area (Å²) in [7, 11) is 1.53. The van der Waals surface area contributed by atoms with E-state index < -0.39 is 11.8 Å². The summed E-state index contributed by atoms with van der Waals surface area (Å²) in [4.78, 5) is 0. The van der Waals surface area contributed by atoms with Crippen LogP contribution in [0.4, 0.5) is 8.78 Å². The fourth-order valence-electron chi connectivity index (χ4n) is 1.43. The molecule has 3 heteroatoms. The van der Waals surface area contributed by atoms with E-state index in [2.05, 4.69) is 0 Å². The van der Waals surface area contributed by atoms with Crippen LogP contribution in [-0.2, 0) is 0 Å². The number of halogens is 2. The molecule has 1 atom stereocenters. The Morgan fingerprint density at radius 1 is 1.46 bits per heavy atom. The second kappa shape index (κ2) is 2.69. The van der Waals surface area contributed by atoms with E-state index in [0.717, 1.165) is 0 Å². The third-order valence-electron chi connectivity index (χ3n) is 2.32. The average Bonchev–Trinajstić information content (AvgIpc) is 2.76. The van der Waals surface area contributed by atoms with Crippen molar-refractivity contribution >= 4 is 0 Å². The van der Waals surface area contributed by atoms with Crippen LogP contribution in [0.25, 0.3) is 0 Å². The normalized spacial score (nSPS) is 24.1. The van der Waals surface area contributed by atoms with Gasteiger partial charge in [-0.2, -0.15) is 0 Å². The van der Waals surface area contributed by atoms with Crippen LogP contribution in [-0.4, -0.2) is 13.0 Å². The molecule has 1 aliphatic carbocycles. The molecule has 0 aliphatic heterocycles. The molecule has 1 fully saturated rings. The first-order chi connectivity index (χ1) is 6.13. The Morgan fingerprint density at radius 3 is 2.69 bits per heavy atom. The zero-order chi connectivity index (χ0) is 9.47. The van der Waals surface area contributed by atoms with Crippen molar-refractivity contribution < 1.29 is 13.5 Å². The van der Waals surface area contributed by atoms with E-state index in [9.17, 15) is 8.78 Å². The lowest BCUT2D eigenvalue weighted by Crippen LogP contribution is -1.93. The molecule has 0 bridgehead atoms. The maximum Gasteiger partial charge on any atom is 0.255 e. The summed E-state index contributed by atoms with van der Waals surface area (Å²) in [6, 6.07) is 6.88. The van der Waals surface area contributed by atoms with Gasteiger partial charge < -0.3 is 4.74 Å². The summed E-state index contributed by atoms with van der Waals surface area (Å²) in [5.74, 6) is -2.45. The maximum atomic E-state index is 12.7. The minimum Gasteiger partial charge on any atom is -0.497 e. The van der Waals surface area contributed by atoms with Crippen LogP contribution in [0.2, 0.25) is 0 Å². The Kier molecular flexibility index (Phi) is 1.75. The number of ether oxygens (including phenoxy) is 1. The first-order valence-corrected chi connectivity index (χ1v) is 4.15. The van der Waals surface area contributed by atoms with Gasteiger partial charge in [-0.05, 0) is 17.7 Å². The highest BCUT2D eigenvalue weighted by Crippen LogP contribution is 2.55. The minimum atomic E-state index is -2.49. The average molecular weight is 184 g/mol. The van der Waals surface area contributed by atoms with Gasteiger partial charge in [0, 0.05) is 6.42 Å². The highest BCUT2D eigenvalue weighted by molar-refractivity contribution is 5.35. The fourth-order valence-corrected chi connectivity index (χ4v) is 1.43. The standard InChI is InChI=1S/C10H10F2O/c1-13-8-4-2-3-7(5-8)9-6-10(9,11)12/h2-5,9H,6H2,1H3. The fraction of sp³-hybridized carbons (Fsp3) is 0.400. The molecule has 0 amide bonds. The smallest absolute Gasteiger partial charge is 0.255 e. The third kappa shape index (κ3) is 1.50. The van der Waals surface area contributed by atoms with Crippen molar-refractivity contribution in [2.24, 2.45) is 0 Å². The first kappa shape index (κ1) is 8.48. The third-order valence-corrected chi connectivity index (χ3v) is 2.32. The van der Waals surface area contributed by atoms with Crippen molar-refractivity contribution in [3.05, 3.63) is 29.8 Å². The zero-order valence-corrected chi connectivity index (χ0v) is 7.26. The molecular weight excluding hydrogens is 174 g/mol. The summed E-state index contributed by atoms with van der Waals surface area (Å²) in [6.45, 7) is 0. The van der Waals surface area contributed by atoms with Crippen molar-refractivity contribution in [3.8, 4) is 5.75 Å². The van der Waals surface area contributed by atoms with E-state index >= 15 is 0 Å². The quantitative estimate of drug-likeness (QED) is 0.686. The molecule has 0 saturated heterocycles. The molecule has 0 aromatic heterocycles. The van der Waals surface area contributed by atoms with E-state index in [-0.39, 0.29) is 6.42 Å². The van der Waals surface area contributed by atoms with Crippen LogP contribution in [0.15, 0.2) is 24.3 Å². The lowest BCUT2D eigenvalue weighted by atomic mass is 10.1. The molecule has 1 nitrogen and oxygen atoms in total. The number of alkyl halides is 2. The van der Waals surface area contributed by atoms with Gasteiger partial charge in [0.2, 0.25) is 0 Å². The van der Waals surface area contributed by atoms with Gasteiger partial charge in [-0.3, -0.25) is 0 Å². The summed E-state index contributed by atoms with van der Waals surface area (Å²) in [5, 5.41) is 0. The maximum absolute atomic E-state index is 12.7. The number of hydrogen-bond acceptors (Lipinski definition) is 1. The summed E-state index contributed by atoms with van der Waals surface area (Å²) in [5.41, 5.74) is 0.671. The Labute approximate surface area is 75.3 Å². The van der Waals surface area contributed by atoms with Crippen LogP contribution in [0.5, 0.6) is 5.75 Å².